The van der Waals surface area contributed by atoms with Crippen molar-refractivity contribution in [1.29, 1.82) is 0 Å². The van der Waals surface area contributed by atoms with Gasteiger partial charge in [0.2, 0.25) is 5.91 Å². The van der Waals surface area contributed by atoms with Gasteiger partial charge in [-0.3, -0.25) is 19.5 Å². The maximum Gasteiger partial charge on any atom is 0.314 e. The van der Waals surface area contributed by atoms with Crippen molar-refractivity contribution >= 4 is 17.8 Å². The van der Waals surface area contributed by atoms with Gasteiger partial charge in [0, 0.05) is 37.4 Å². The molecule has 1 aromatic heterocycles. The van der Waals surface area contributed by atoms with Crippen LogP contribution in [0.5, 0.6) is 0 Å². The van der Waals surface area contributed by atoms with Gasteiger partial charge < -0.3 is 14.9 Å². The lowest BCUT2D eigenvalue weighted by Gasteiger charge is -2.24. The van der Waals surface area contributed by atoms with Crippen LogP contribution in [0.1, 0.15) is 28.2 Å². The lowest BCUT2D eigenvalue weighted by atomic mass is 9.81. The van der Waals surface area contributed by atoms with E-state index in [0.29, 0.717) is 12.2 Å². The molecule has 1 aliphatic carbocycles. The number of amides is 2. The molecule has 25 heavy (non-hydrogen) atoms. The van der Waals surface area contributed by atoms with Crippen molar-refractivity contribution in [3.05, 3.63) is 29.6 Å². The number of aryl methyl sites for hydroxylation is 1. The van der Waals surface area contributed by atoms with E-state index in [-0.39, 0.29) is 31.4 Å². The predicted octanol–water partition coefficient (Wildman–Crippen LogP) is 0.0696. The van der Waals surface area contributed by atoms with Gasteiger partial charge in [0.25, 0.3) is 5.91 Å². The number of hydrogen-bond donors (Lipinski definition) is 2. The summed E-state index contributed by atoms with van der Waals surface area (Å²) < 4.78 is 0. The van der Waals surface area contributed by atoms with Gasteiger partial charge in [0.05, 0.1) is 5.92 Å². The number of rotatable bonds is 4. The Balaban J connectivity index is 1.61. The van der Waals surface area contributed by atoms with Gasteiger partial charge in [-0.1, -0.05) is 6.08 Å². The van der Waals surface area contributed by atoms with E-state index < -0.39 is 17.3 Å². The average molecular weight is 344 g/mol. The number of H-pyrrole nitrogens is 1. The summed E-state index contributed by atoms with van der Waals surface area (Å²) in [6.45, 7) is 4.21. The number of carboxylic acid groups (broad SMARTS) is 1. The molecule has 0 bridgehead atoms. The minimum absolute atomic E-state index is 0.0346. The summed E-state index contributed by atoms with van der Waals surface area (Å²) in [5.41, 5.74) is 1.06. The number of carboxylic acids is 1. The largest absolute Gasteiger partial charge is 0.481 e. The molecule has 2 N–H and O–H groups in total. The fourth-order valence-electron chi connectivity index (χ4n) is 4.42. The molecule has 0 saturated carbocycles. The summed E-state index contributed by atoms with van der Waals surface area (Å²) in [7, 11) is 0. The summed E-state index contributed by atoms with van der Waals surface area (Å²) in [5.74, 6) is -2.23. The molecule has 2 fully saturated rings. The maximum absolute atomic E-state index is 12.9. The first-order valence-electron chi connectivity index (χ1n) is 8.46. The summed E-state index contributed by atoms with van der Waals surface area (Å²) in [6.07, 6.45) is 4.26. The Hall–Kier alpha value is -2.64. The highest BCUT2D eigenvalue weighted by atomic mass is 16.4. The molecule has 3 heterocycles. The first kappa shape index (κ1) is 15.9. The number of hydrogen-bond acceptors (Lipinski definition) is 4. The molecular formula is C17H20N4O4. The first-order valence-corrected chi connectivity index (χ1v) is 8.46. The molecule has 0 aromatic carbocycles. The fourth-order valence-corrected chi connectivity index (χ4v) is 4.42. The topological polar surface area (TPSA) is 107 Å². The summed E-state index contributed by atoms with van der Waals surface area (Å²) in [4.78, 5) is 40.4. The van der Waals surface area contributed by atoms with Gasteiger partial charge in [-0.15, -0.1) is 6.58 Å². The van der Waals surface area contributed by atoms with Crippen LogP contribution in [0.4, 0.5) is 0 Å². The van der Waals surface area contributed by atoms with Crippen molar-refractivity contribution < 1.29 is 19.5 Å². The fraction of sp³-hybridized carbons (Fsp3) is 0.529. The maximum atomic E-state index is 12.9. The van der Waals surface area contributed by atoms with Crippen molar-refractivity contribution in [3.8, 4) is 0 Å². The number of carbonyl (C=O) groups is 3. The number of carbonyl (C=O) groups excluding carboxylic acids is 2. The molecule has 0 radical (unpaired) electrons. The van der Waals surface area contributed by atoms with Gasteiger partial charge in [-0.25, -0.2) is 0 Å². The number of nitrogens with one attached hydrogen (secondary N) is 1. The zero-order chi connectivity index (χ0) is 17.8. The second kappa shape index (κ2) is 5.44. The Morgan fingerprint density at radius 2 is 2.20 bits per heavy atom. The Kier molecular flexibility index (Phi) is 3.45. The minimum Gasteiger partial charge on any atom is -0.481 e. The molecule has 3 aliphatic rings. The smallest absolute Gasteiger partial charge is 0.314 e. The molecule has 8 heteroatoms. The number of likely N-dealkylation sites (tertiary alicyclic amines) is 2. The van der Waals surface area contributed by atoms with E-state index in [4.69, 9.17) is 0 Å². The normalized spacial score (nSPS) is 27.5. The van der Waals surface area contributed by atoms with Crippen LogP contribution in [-0.2, 0) is 22.4 Å². The van der Waals surface area contributed by atoms with Crippen molar-refractivity contribution in [2.75, 3.05) is 26.2 Å². The Morgan fingerprint density at radius 3 is 2.88 bits per heavy atom. The van der Waals surface area contributed by atoms with Crippen LogP contribution in [-0.4, -0.2) is 69.1 Å². The van der Waals surface area contributed by atoms with Crippen LogP contribution in [0.2, 0.25) is 0 Å². The summed E-state index contributed by atoms with van der Waals surface area (Å²) >= 11 is 0. The van der Waals surface area contributed by atoms with Gasteiger partial charge in [-0.05, 0) is 19.3 Å². The van der Waals surface area contributed by atoms with Crippen molar-refractivity contribution in [2.24, 2.45) is 11.3 Å². The Labute approximate surface area is 144 Å². The summed E-state index contributed by atoms with van der Waals surface area (Å²) in [6, 6.07) is 0. The third-order valence-electron chi connectivity index (χ3n) is 5.70. The molecule has 2 aliphatic heterocycles. The quantitative estimate of drug-likeness (QED) is 0.752. The second-order valence-corrected chi connectivity index (χ2v) is 7.09. The molecule has 2 saturated heterocycles. The van der Waals surface area contributed by atoms with E-state index in [9.17, 15) is 19.5 Å². The van der Waals surface area contributed by atoms with Gasteiger partial charge in [0.1, 0.15) is 5.41 Å². The third-order valence-corrected chi connectivity index (χ3v) is 5.70. The third kappa shape index (κ3) is 2.13. The van der Waals surface area contributed by atoms with Crippen molar-refractivity contribution in [3.63, 3.8) is 0 Å². The van der Waals surface area contributed by atoms with Crippen LogP contribution in [0.25, 0.3) is 0 Å². The lowest BCUT2D eigenvalue weighted by Crippen LogP contribution is -2.42. The van der Waals surface area contributed by atoms with E-state index in [2.05, 4.69) is 16.8 Å². The molecule has 8 nitrogen and oxygen atoms in total. The van der Waals surface area contributed by atoms with Gasteiger partial charge in [0.15, 0.2) is 5.69 Å². The van der Waals surface area contributed by atoms with Crippen molar-refractivity contribution in [2.45, 2.75) is 19.3 Å². The lowest BCUT2D eigenvalue weighted by molar-refractivity contribution is -0.149. The first-order chi connectivity index (χ1) is 12.0. The van der Waals surface area contributed by atoms with Gasteiger partial charge >= 0.3 is 5.97 Å². The highest BCUT2D eigenvalue weighted by molar-refractivity contribution is 5.98. The van der Waals surface area contributed by atoms with Crippen LogP contribution in [0.15, 0.2) is 12.7 Å². The molecule has 132 valence electrons. The van der Waals surface area contributed by atoms with E-state index in [1.807, 2.05) is 0 Å². The average Bonchev–Trinajstić information content (AvgIpc) is 3.29. The molecule has 4 rings (SSSR count). The number of fused-ring (bicyclic) bond motifs is 2. The van der Waals surface area contributed by atoms with Crippen LogP contribution >= 0.6 is 0 Å². The van der Waals surface area contributed by atoms with Gasteiger partial charge in [-0.2, -0.15) is 5.10 Å². The molecular weight excluding hydrogens is 324 g/mol. The van der Waals surface area contributed by atoms with E-state index in [0.717, 1.165) is 30.5 Å². The SMILES string of the molecule is C=CCN1C[C@]2(C(=O)O)CN(C(=O)c3n[nH]c4c3CCC4)C[C@@H]2C1=O. The van der Waals surface area contributed by atoms with E-state index in [1.165, 1.54) is 9.80 Å². The Morgan fingerprint density at radius 1 is 1.40 bits per heavy atom. The minimum atomic E-state index is -1.24. The zero-order valence-corrected chi connectivity index (χ0v) is 13.8. The Bertz CT molecular complexity index is 786. The molecule has 2 atom stereocenters. The monoisotopic (exact) mass is 344 g/mol. The van der Waals surface area contributed by atoms with Crippen molar-refractivity contribution in [1.82, 2.24) is 20.0 Å². The second-order valence-electron chi connectivity index (χ2n) is 7.09. The van der Waals surface area contributed by atoms with Crippen LogP contribution in [0, 0.1) is 11.3 Å². The molecule has 1 aromatic rings. The van der Waals surface area contributed by atoms with Crippen LogP contribution in [0.3, 0.4) is 0 Å². The molecule has 0 spiro atoms. The number of aromatic nitrogens is 2. The number of aliphatic carboxylic acids is 1. The zero-order valence-electron chi connectivity index (χ0n) is 13.8. The number of nitrogens with zero attached hydrogens (tertiary/aromatic N) is 3. The highest BCUT2D eigenvalue weighted by Crippen LogP contribution is 2.44. The predicted molar refractivity (Wildman–Crippen MR) is 86.9 cm³/mol. The number of aromatic amines is 1. The molecule has 2 amide bonds. The van der Waals surface area contributed by atoms with E-state index >= 15 is 0 Å². The summed E-state index contributed by atoms with van der Waals surface area (Å²) in [5, 5.41) is 16.8. The molecule has 0 unspecified atom stereocenters. The highest BCUT2D eigenvalue weighted by Gasteiger charge is 2.62. The van der Waals surface area contributed by atoms with E-state index in [1.54, 1.807) is 6.08 Å². The van der Waals surface area contributed by atoms with Crippen LogP contribution < -0.4 is 0 Å². The standard InChI is InChI=1S/C17H20N4O4/c1-2-6-20-8-17(16(24)25)9-21(7-11(17)14(20)22)15(23)13-10-4-3-5-12(10)18-19-13/h2,11H,1,3-9H2,(H,18,19)(H,24,25)/t11-,17+/m1/s1.